The lowest BCUT2D eigenvalue weighted by Gasteiger charge is -2.30. The van der Waals surface area contributed by atoms with E-state index in [2.05, 4.69) is 130 Å². The largest absolute Gasteiger partial charge is 0.385 e. The van der Waals surface area contributed by atoms with Crippen molar-refractivity contribution in [2.24, 2.45) is 0 Å². The monoisotopic (exact) mass is 752 g/mol. The number of allylic oxidation sites excluding steroid dienone is 6. The van der Waals surface area contributed by atoms with E-state index in [0.29, 0.717) is 19.4 Å². The van der Waals surface area contributed by atoms with Crippen molar-refractivity contribution in [3.63, 3.8) is 0 Å². The zero-order valence-electron chi connectivity index (χ0n) is 32.3. The number of benzene rings is 4. The quantitative estimate of drug-likeness (QED) is 0.0934. The normalized spacial score (nSPS) is 17.8. The molecule has 2 aliphatic rings. The second kappa shape index (κ2) is 16.4. The Bertz CT molecular complexity index is 2160. The van der Waals surface area contributed by atoms with E-state index in [1.165, 1.54) is 55.2 Å². The van der Waals surface area contributed by atoms with E-state index in [9.17, 15) is 8.42 Å². The molecule has 53 heavy (non-hydrogen) atoms. The van der Waals surface area contributed by atoms with Crippen molar-refractivity contribution >= 4 is 54.6 Å². The molecule has 7 heteroatoms. The Balaban J connectivity index is 1.21. The van der Waals surface area contributed by atoms with E-state index in [-0.39, 0.29) is 16.6 Å². The number of fused-ring (bicyclic) bond motifs is 4. The summed E-state index contributed by atoms with van der Waals surface area (Å²) in [6.45, 7) is 13.3. The second-order valence-corrected chi connectivity index (χ2v) is 18.1. The average Bonchev–Trinajstić information content (AvgIpc) is 3.34. The highest BCUT2D eigenvalue weighted by Crippen LogP contribution is 2.51. The van der Waals surface area contributed by atoms with Crippen LogP contribution in [0.1, 0.15) is 110 Å². The van der Waals surface area contributed by atoms with Crippen LogP contribution in [0, 0.1) is 0 Å². The summed E-state index contributed by atoms with van der Waals surface area (Å²) in [5, 5.41) is 9.65. The SMILES string of the molecule is CCCCN1/C(=C\C=C2/CCCC(CCCC(C)(C)c3c(NCCCCS(=O)(=O)O)ccc4ccccc34)=C2Cl)C(C)(C)c2c1ccc1ccccc21. The summed E-state index contributed by atoms with van der Waals surface area (Å²) in [7, 11) is -3.94. The number of rotatable bonds is 15. The van der Waals surface area contributed by atoms with Crippen molar-refractivity contribution in [2.45, 2.75) is 110 Å². The van der Waals surface area contributed by atoms with Crippen LogP contribution in [0.4, 0.5) is 11.4 Å². The fourth-order valence-corrected chi connectivity index (χ4v) is 9.67. The molecule has 0 aromatic heterocycles. The molecule has 0 saturated heterocycles. The molecule has 6 rings (SSSR count). The van der Waals surface area contributed by atoms with Crippen LogP contribution in [-0.4, -0.2) is 31.8 Å². The van der Waals surface area contributed by atoms with Crippen LogP contribution in [0.3, 0.4) is 0 Å². The van der Waals surface area contributed by atoms with E-state index >= 15 is 0 Å². The van der Waals surface area contributed by atoms with E-state index in [1.54, 1.807) is 0 Å². The zero-order chi connectivity index (χ0) is 37.8. The fourth-order valence-electron chi connectivity index (χ4n) is 8.75. The van der Waals surface area contributed by atoms with Crippen LogP contribution >= 0.6 is 11.6 Å². The highest BCUT2D eigenvalue weighted by atomic mass is 35.5. The molecule has 0 unspecified atom stereocenters. The molecule has 282 valence electrons. The Kier molecular flexibility index (Phi) is 12.1. The summed E-state index contributed by atoms with van der Waals surface area (Å²) in [5.74, 6) is -0.210. The number of anilines is 2. The zero-order valence-corrected chi connectivity index (χ0v) is 33.8. The minimum atomic E-state index is -3.94. The van der Waals surface area contributed by atoms with Crippen molar-refractivity contribution in [3.8, 4) is 0 Å². The Labute approximate surface area is 323 Å². The molecule has 5 nitrogen and oxygen atoms in total. The van der Waals surface area contributed by atoms with Gasteiger partial charge < -0.3 is 10.2 Å². The third-order valence-electron chi connectivity index (χ3n) is 11.5. The van der Waals surface area contributed by atoms with Gasteiger partial charge in [-0.25, -0.2) is 0 Å². The fraction of sp³-hybridized carbons (Fsp3) is 0.435. The van der Waals surface area contributed by atoms with Gasteiger partial charge in [0.15, 0.2) is 0 Å². The lowest BCUT2D eigenvalue weighted by Crippen LogP contribution is -2.27. The van der Waals surface area contributed by atoms with Crippen LogP contribution in [0.25, 0.3) is 21.5 Å². The Morgan fingerprint density at radius 2 is 1.58 bits per heavy atom. The van der Waals surface area contributed by atoms with Crippen molar-refractivity contribution in [3.05, 3.63) is 118 Å². The van der Waals surface area contributed by atoms with Crippen LogP contribution in [0.15, 0.2) is 107 Å². The molecule has 4 aromatic rings. The van der Waals surface area contributed by atoms with E-state index in [1.807, 2.05) is 0 Å². The van der Waals surface area contributed by atoms with Crippen LogP contribution < -0.4 is 10.2 Å². The van der Waals surface area contributed by atoms with Crippen molar-refractivity contribution in [2.75, 3.05) is 29.1 Å². The minimum Gasteiger partial charge on any atom is -0.385 e. The van der Waals surface area contributed by atoms with Gasteiger partial charge in [0.25, 0.3) is 10.1 Å². The topological polar surface area (TPSA) is 69.6 Å². The average molecular weight is 753 g/mol. The molecular weight excluding hydrogens is 696 g/mol. The van der Waals surface area contributed by atoms with Crippen LogP contribution in [0.5, 0.6) is 0 Å². The van der Waals surface area contributed by atoms with Gasteiger partial charge >= 0.3 is 0 Å². The van der Waals surface area contributed by atoms with Gasteiger partial charge in [-0.3, -0.25) is 4.55 Å². The van der Waals surface area contributed by atoms with Crippen molar-refractivity contribution in [1.29, 1.82) is 0 Å². The summed E-state index contributed by atoms with van der Waals surface area (Å²) in [4.78, 5) is 2.56. The molecule has 0 fully saturated rings. The predicted octanol–water partition coefficient (Wildman–Crippen LogP) is 12.6. The first-order valence-corrected chi connectivity index (χ1v) is 21.6. The van der Waals surface area contributed by atoms with Crippen molar-refractivity contribution < 1.29 is 13.0 Å². The maximum Gasteiger partial charge on any atom is 0.264 e. The predicted molar refractivity (Wildman–Crippen MR) is 227 cm³/mol. The van der Waals surface area contributed by atoms with Gasteiger partial charge in [-0.15, -0.1) is 0 Å². The van der Waals surface area contributed by atoms with Gasteiger partial charge in [0.1, 0.15) is 0 Å². The summed E-state index contributed by atoms with van der Waals surface area (Å²) < 4.78 is 31.5. The number of halogens is 1. The van der Waals surface area contributed by atoms with Crippen LogP contribution in [0.2, 0.25) is 0 Å². The number of unbranched alkanes of at least 4 members (excludes halogenated alkanes) is 2. The summed E-state index contributed by atoms with van der Waals surface area (Å²) >= 11 is 7.28. The molecule has 2 N–H and O–H groups in total. The summed E-state index contributed by atoms with van der Waals surface area (Å²) in [5.41, 5.74) is 8.87. The first-order valence-electron chi connectivity index (χ1n) is 19.6. The lowest BCUT2D eigenvalue weighted by molar-refractivity contribution is 0.462. The lowest BCUT2D eigenvalue weighted by atomic mass is 9.76. The maximum atomic E-state index is 11.2. The molecule has 1 aliphatic carbocycles. The standard InChI is InChI=1S/C46H57ClN2O3S/c1-6-7-31-49-40-27-24-34-17-9-11-22-38(34)43(40)46(4,5)41(49)28-25-36-19-14-18-35(44(36)47)20-15-29-45(2,3)42-37-21-10-8-16-33(37)23-26-39(42)48-30-12-13-32-53(50,51)52/h8-11,16-17,21-28,48H,6-7,12-15,18-20,29-32H2,1-5H3,(H,50,51,52)/b36-25+,41-28-. The van der Waals surface area contributed by atoms with Crippen molar-refractivity contribution in [1.82, 2.24) is 0 Å². The highest BCUT2D eigenvalue weighted by molar-refractivity contribution is 7.85. The van der Waals surface area contributed by atoms with Crippen LogP contribution in [-0.2, 0) is 20.9 Å². The molecular formula is C46H57ClN2O3S. The van der Waals surface area contributed by atoms with E-state index in [4.69, 9.17) is 16.2 Å². The Morgan fingerprint density at radius 3 is 2.32 bits per heavy atom. The van der Waals surface area contributed by atoms with Gasteiger partial charge in [0.05, 0.1) is 5.75 Å². The van der Waals surface area contributed by atoms with E-state index in [0.717, 1.165) is 68.6 Å². The molecule has 1 heterocycles. The summed E-state index contributed by atoms with van der Waals surface area (Å²) in [6, 6.07) is 26.2. The highest BCUT2D eigenvalue weighted by Gasteiger charge is 2.41. The number of nitrogens with one attached hydrogen (secondary N) is 1. The molecule has 0 atom stereocenters. The second-order valence-electron chi connectivity index (χ2n) is 16.2. The third kappa shape index (κ3) is 8.71. The van der Waals surface area contributed by atoms with Gasteiger partial charge in [-0.2, -0.15) is 8.42 Å². The Hall–Kier alpha value is -3.58. The smallest absolute Gasteiger partial charge is 0.264 e. The minimum absolute atomic E-state index is 0.113. The third-order valence-corrected chi connectivity index (χ3v) is 12.8. The molecule has 0 spiro atoms. The molecule has 0 amide bonds. The summed E-state index contributed by atoms with van der Waals surface area (Å²) in [6.07, 6.45) is 14.2. The van der Waals surface area contributed by atoms with Gasteiger partial charge in [0.2, 0.25) is 0 Å². The molecule has 0 radical (unpaired) electrons. The van der Waals surface area contributed by atoms with E-state index < -0.39 is 10.1 Å². The molecule has 0 bridgehead atoms. The molecule has 1 aliphatic heterocycles. The number of nitrogens with zero attached hydrogens (tertiary/aromatic N) is 1. The molecule has 0 saturated carbocycles. The number of hydrogen-bond donors (Lipinski definition) is 2. The number of hydrogen-bond acceptors (Lipinski definition) is 4. The maximum absolute atomic E-state index is 11.2. The Morgan fingerprint density at radius 1 is 0.887 bits per heavy atom. The first kappa shape index (κ1) is 39.1. The van der Waals surface area contributed by atoms with Gasteiger partial charge in [0, 0.05) is 40.6 Å². The van der Waals surface area contributed by atoms with Gasteiger partial charge in [-0.1, -0.05) is 125 Å². The van der Waals surface area contributed by atoms with Gasteiger partial charge in [-0.05, 0) is 120 Å². The first-order chi connectivity index (χ1) is 25.3. The molecule has 4 aromatic carbocycles.